The summed E-state index contributed by atoms with van der Waals surface area (Å²) in [7, 11) is 0. The number of nitrogens with two attached hydrogens (primary N) is 1. The molecular formula is C12H16FNS. The van der Waals surface area contributed by atoms with Crippen molar-refractivity contribution in [3.05, 3.63) is 29.6 Å². The summed E-state index contributed by atoms with van der Waals surface area (Å²) in [6.45, 7) is 0. The number of thioether (sulfide) groups is 1. The fourth-order valence-corrected chi connectivity index (χ4v) is 3.13. The van der Waals surface area contributed by atoms with Gasteiger partial charge in [0.05, 0.1) is 0 Å². The molecule has 0 unspecified atom stereocenters. The molecule has 0 aliphatic heterocycles. The molecule has 15 heavy (non-hydrogen) atoms. The molecule has 1 aromatic rings. The summed E-state index contributed by atoms with van der Waals surface area (Å²) >= 11 is 1.57. The zero-order valence-electron chi connectivity index (χ0n) is 8.92. The Balaban J connectivity index is 2.49. The third kappa shape index (κ3) is 1.91. The summed E-state index contributed by atoms with van der Waals surface area (Å²) in [6.07, 6.45) is 6.00. The maximum atomic E-state index is 13.8. The third-order valence-corrected chi connectivity index (χ3v) is 3.97. The van der Waals surface area contributed by atoms with Gasteiger partial charge in [-0.15, -0.1) is 11.8 Å². The first-order valence-corrected chi connectivity index (χ1v) is 6.52. The third-order valence-electron chi connectivity index (χ3n) is 3.19. The minimum absolute atomic E-state index is 0.147. The summed E-state index contributed by atoms with van der Waals surface area (Å²) in [5, 5.41) is 0. The predicted octanol–water partition coefficient (Wildman–Crippen LogP) is 3.28. The number of hydrogen-bond donors (Lipinski definition) is 1. The normalized spacial score (nSPS) is 19.4. The van der Waals surface area contributed by atoms with Crippen LogP contribution in [-0.2, 0) is 5.54 Å². The van der Waals surface area contributed by atoms with Gasteiger partial charge in [-0.1, -0.05) is 18.9 Å². The highest BCUT2D eigenvalue weighted by Gasteiger charge is 2.35. The first-order valence-electron chi connectivity index (χ1n) is 5.29. The molecule has 0 amide bonds. The zero-order valence-corrected chi connectivity index (χ0v) is 9.74. The molecule has 1 saturated carbocycles. The van der Waals surface area contributed by atoms with Crippen molar-refractivity contribution in [2.24, 2.45) is 5.73 Å². The van der Waals surface area contributed by atoms with E-state index in [1.54, 1.807) is 17.8 Å². The van der Waals surface area contributed by atoms with Gasteiger partial charge in [-0.2, -0.15) is 0 Å². The molecule has 0 bridgehead atoms. The van der Waals surface area contributed by atoms with Crippen molar-refractivity contribution < 1.29 is 4.39 Å². The average Bonchev–Trinajstić information content (AvgIpc) is 2.65. The van der Waals surface area contributed by atoms with Gasteiger partial charge in [0.2, 0.25) is 0 Å². The Morgan fingerprint density at radius 3 is 2.60 bits per heavy atom. The number of benzene rings is 1. The molecule has 2 N–H and O–H groups in total. The Morgan fingerprint density at radius 1 is 1.33 bits per heavy atom. The summed E-state index contributed by atoms with van der Waals surface area (Å²) in [6, 6.07) is 5.22. The van der Waals surface area contributed by atoms with Crippen LogP contribution in [0.15, 0.2) is 23.1 Å². The van der Waals surface area contributed by atoms with Crippen LogP contribution < -0.4 is 5.73 Å². The molecule has 82 valence electrons. The summed E-state index contributed by atoms with van der Waals surface area (Å²) < 4.78 is 13.8. The lowest BCUT2D eigenvalue weighted by Gasteiger charge is -2.26. The zero-order chi connectivity index (χ0) is 10.9. The second-order valence-electron chi connectivity index (χ2n) is 4.18. The van der Waals surface area contributed by atoms with E-state index in [0.29, 0.717) is 0 Å². The van der Waals surface area contributed by atoms with Crippen LogP contribution in [0.1, 0.15) is 31.2 Å². The Labute approximate surface area is 94.2 Å². The summed E-state index contributed by atoms with van der Waals surface area (Å²) in [5.74, 6) is -0.147. The van der Waals surface area contributed by atoms with Crippen LogP contribution >= 0.6 is 11.8 Å². The van der Waals surface area contributed by atoms with Gasteiger partial charge >= 0.3 is 0 Å². The van der Waals surface area contributed by atoms with E-state index in [1.807, 2.05) is 12.3 Å². The van der Waals surface area contributed by atoms with E-state index in [9.17, 15) is 4.39 Å². The standard InChI is InChI=1S/C12H16FNS/c1-15-10-6-4-5-9(13)11(10)12(14)7-2-3-8-12/h4-6H,2-3,7-8,14H2,1H3. The summed E-state index contributed by atoms with van der Waals surface area (Å²) in [4.78, 5) is 0.986. The molecule has 0 aromatic heterocycles. The number of rotatable bonds is 2. The van der Waals surface area contributed by atoms with E-state index < -0.39 is 5.54 Å². The largest absolute Gasteiger partial charge is 0.321 e. The van der Waals surface area contributed by atoms with Crippen LogP contribution in [0.5, 0.6) is 0 Å². The maximum absolute atomic E-state index is 13.8. The van der Waals surface area contributed by atoms with E-state index in [1.165, 1.54) is 6.07 Å². The molecule has 1 nitrogen and oxygen atoms in total. The lowest BCUT2D eigenvalue weighted by molar-refractivity contribution is 0.424. The second kappa shape index (κ2) is 4.14. The summed E-state index contributed by atoms with van der Waals surface area (Å²) in [5.41, 5.74) is 6.61. The topological polar surface area (TPSA) is 26.0 Å². The Bertz CT molecular complexity index is 359. The van der Waals surface area contributed by atoms with E-state index in [-0.39, 0.29) is 5.82 Å². The van der Waals surface area contributed by atoms with Gasteiger partial charge in [-0.25, -0.2) is 4.39 Å². The van der Waals surface area contributed by atoms with E-state index in [0.717, 1.165) is 36.1 Å². The maximum Gasteiger partial charge on any atom is 0.129 e. The molecule has 1 fully saturated rings. The van der Waals surface area contributed by atoms with Gasteiger partial charge in [-0.3, -0.25) is 0 Å². The molecule has 0 radical (unpaired) electrons. The van der Waals surface area contributed by atoms with Crippen LogP contribution in [0.25, 0.3) is 0 Å². The van der Waals surface area contributed by atoms with Gasteiger partial charge in [0.1, 0.15) is 5.82 Å². The molecule has 0 heterocycles. The van der Waals surface area contributed by atoms with E-state index in [2.05, 4.69) is 0 Å². The van der Waals surface area contributed by atoms with Crippen molar-refractivity contribution in [2.75, 3.05) is 6.26 Å². The van der Waals surface area contributed by atoms with E-state index in [4.69, 9.17) is 5.73 Å². The smallest absolute Gasteiger partial charge is 0.129 e. The van der Waals surface area contributed by atoms with Crippen molar-refractivity contribution in [3.8, 4) is 0 Å². The Morgan fingerprint density at radius 2 is 2.00 bits per heavy atom. The average molecular weight is 225 g/mol. The van der Waals surface area contributed by atoms with Crippen LogP contribution in [0.3, 0.4) is 0 Å². The molecule has 1 aromatic carbocycles. The molecule has 1 aliphatic rings. The van der Waals surface area contributed by atoms with Crippen molar-refractivity contribution in [1.29, 1.82) is 0 Å². The first kappa shape index (κ1) is 11.0. The molecule has 0 saturated heterocycles. The molecule has 0 atom stereocenters. The van der Waals surface area contributed by atoms with Crippen molar-refractivity contribution >= 4 is 11.8 Å². The second-order valence-corrected chi connectivity index (χ2v) is 5.03. The Kier molecular flexibility index (Phi) is 3.03. The van der Waals surface area contributed by atoms with Gasteiger partial charge in [0.25, 0.3) is 0 Å². The predicted molar refractivity (Wildman–Crippen MR) is 62.5 cm³/mol. The van der Waals surface area contributed by atoms with Crippen molar-refractivity contribution in [3.63, 3.8) is 0 Å². The minimum Gasteiger partial charge on any atom is -0.321 e. The molecule has 3 heteroatoms. The number of hydrogen-bond acceptors (Lipinski definition) is 2. The molecule has 0 spiro atoms. The highest BCUT2D eigenvalue weighted by molar-refractivity contribution is 7.98. The van der Waals surface area contributed by atoms with E-state index >= 15 is 0 Å². The van der Waals surface area contributed by atoms with Crippen molar-refractivity contribution in [2.45, 2.75) is 36.1 Å². The fraction of sp³-hybridized carbons (Fsp3) is 0.500. The van der Waals surface area contributed by atoms with Crippen LogP contribution in [0.2, 0.25) is 0 Å². The van der Waals surface area contributed by atoms with Crippen molar-refractivity contribution in [1.82, 2.24) is 0 Å². The first-order chi connectivity index (χ1) is 7.17. The highest BCUT2D eigenvalue weighted by atomic mass is 32.2. The molecular weight excluding hydrogens is 209 g/mol. The van der Waals surface area contributed by atoms with Crippen LogP contribution in [0.4, 0.5) is 4.39 Å². The Hall–Kier alpha value is -0.540. The van der Waals surface area contributed by atoms with Gasteiger partial charge in [-0.05, 0) is 31.2 Å². The van der Waals surface area contributed by atoms with Gasteiger partial charge < -0.3 is 5.73 Å². The molecule has 1 aliphatic carbocycles. The van der Waals surface area contributed by atoms with Gasteiger partial charge in [0.15, 0.2) is 0 Å². The quantitative estimate of drug-likeness (QED) is 0.782. The lowest BCUT2D eigenvalue weighted by atomic mass is 9.89. The minimum atomic E-state index is -0.427. The molecule has 2 rings (SSSR count). The monoisotopic (exact) mass is 225 g/mol. The van der Waals surface area contributed by atoms with Crippen LogP contribution in [-0.4, -0.2) is 6.26 Å². The highest BCUT2D eigenvalue weighted by Crippen LogP contribution is 2.41. The number of halogens is 1. The lowest BCUT2D eigenvalue weighted by Crippen LogP contribution is -2.34. The van der Waals surface area contributed by atoms with Crippen LogP contribution in [0, 0.1) is 5.82 Å². The fourth-order valence-electron chi connectivity index (χ4n) is 2.41. The van der Waals surface area contributed by atoms with Gasteiger partial charge in [0, 0.05) is 16.0 Å². The SMILES string of the molecule is CSc1cccc(F)c1C1(N)CCCC1.